The molecule has 192 valence electrons. The van der Waals surface area contributed by atoms with Crippen LogP contribution < -0.4 is 16.6 Å². The minimum atomic E-state index is -1.06. The van der Waals surface area contributed by atoms with Gasteiger partial charge in [-0.1, -0.05) is 20.3 Å². The number of amides is 1. The molecular formula is C22H31N5O8. The number of hydrogen-bond donors (Lipinski definition) is 2. The average Bonchev–Trinajstić information content (AvgIpc) is 3.24. The number of carbonyl (C=O) groups is 3. The first-order valence-corrected chi connectivity index (χ1v) is 11.4. The molecule has 2 aromatic heterocycles. The second kappa shape index (κ2) is 10.4. The Balaban J connectivity index is 2.23. The second-order valence-corrected chi connectivity index (χ2v) is 8.79. The van der Waals surface area contributed by atoms with E-state index >= 15 is 0 Å². The van der Waals surface area contributed by atoms with Gasteiger partial charge in [0, 0.05) is 27.2 Å². The van der Waals surface area contributed by atoms with Crippen molar-refractivity contribution in [1.82, 2.24) is 19.1 Å². The quantitative estimate of drug-likeness (QED) is 0.512. The molecule has 1 aliphatic rings. The smallest absolute Gasteiger partial charge is 0.332 e. The van der Waals surface area contributed by atoms with Gasteiger partial charge in [-0.3, -0.25) is 34.0 Å². The zero-order valence-electron chi connectivity index (χ0n) is 20.6. The normalized spacial score (nSPS) is 21.5. The molecule has 2 aromatic rings. The maximum Gasteiger partial charge on any atom is 0.332 e. The average molecular weight is 494 g/mol. The lowest BCUT2D eigenvalue weighted by molar-refractivity contribution is -0.152. The van der Waals surface area contributed by atoms with Crippen molar-refractivity contribution in [3.05, 3.63) is 20.8 Å². The molecule has 0 spiro atoms. The van der Waals surface area contributed by atoms with Gasteiger partial charge in [0.05, 0.1) is 12.6 Å². The molecule has 13 heteroatoms. The molecule has 1 amide bonds. The van der Waals surface area contributed by atoms with Crippen LogP contribution in [0.1, 0.15) is 60.6 Å². The summed E-state index contributed by atoms with van der Waals surface area (Å²) in [4.78, 5) is 68.2. The van der Waals surface area contributed by atoms with E-state index in [1.165, 1.54) is 20.8 Å². The van der Waals surface area contributed by atoms with Gasteiger partial charge in [-0.25, -0.2) is 9.36 Å². The van der Waals surface area contributed by atoms with Crippen molar-refractivity contribution in [2.45, 2.75) is 85.5 Å². The highest BCUT2D eigenvalue weighted by atomic mass is 16.6. The van der Waals surface area contributed by atoms with Crippen LogP contribution in [0.25, 0.3) is 11.2 Å². The van der Waals surface area contributed by atoms with Crippen LogP contribution in [0.3, 0.4) is 0 Å². The first kappa shape index (κ1) is 26.1. The summed E-state index contributed by atoms with van der Waals surface area (Å²) < 4.78 is 19.1. The Hall–Kier alpha value is -3.48. The molecule has 1 saturated heterocycles. The van der Waals surface area contributed by atoms with Gasteiger partial charge in [-0.15, -0.1) is 0 Å². The number of carbonyl (C=O) groups excluding carboxylic acids is 3. The van der Waals surface area contributed by atoms with Gasteiger partial charge in [0.1, 0.15) is 12.2 Å². The first-order chi connectivity index (χ1) is 16.4. The number of ether oxygens (including phenoxy) is 3. The molecule has 3 heterocycles. The molecule has 0 unspecified atom stereocenters. The highest BCUT2D eigenvalue weighted by molar-refractivity contribution is 5.87. The predicted molar refractivity (Wildman–Crippen MR) is 124 cm³/mol. The maximum absolute atomic E-state index is 13.6. The van der Waals surface area contributed by atoms with Crippen LogP contribution in [0.2, 0.25) is 0 Å². The van der Waals surface area contributed by atoms with E-state index in [4.69, 9.17) is 14.2 Å². The molecule has 0 aromatic carbocycles. The number of hydrogen-bond acceptors (Lipinski definition) is 9. The first-order valence-electron chi connectivity index (χ1n) is 11.4. The number of H-pyrrole nitrogens is 1. The van der Waals surface area contributed by atoms with E-state index in [1.807, 2.05) is 13.8 Å². The Bertz CT molecular complexity index is 1240. The van der Waals surface area contributed by atoms with Crippen LogP contribution in [0.5, 0.6) is 0 Å². The van der Waals surface area contributed by atoms with Crippen LogP contribution in [0, 0.1) is 5.92 Å². The standard InChI is InChI=1S/C22H31N5O8/c1-7-10(2)15-8-16(34-14(6)30)20(35-15)27-18-17(19(31)25-21(24-18)23-12(4)28)26(22(27)32)9-11(3)33-13(5)29/h10-11,15-16,20H,7-9H2,1-6H3,(H2,23,24,25,28,31)/t10-,11+,15-,16+,20+/m0/s1. The zero-order chi connectivity index (χ0) is 26.0. The summed E-state index contributed by atoms with van der Waals surface area (Å²) in [7, 11) is 0. The molecule has 1 fully saturated rings. The fourth-order valence-corrected chi connectivity index (χ4v) is 4.23. The lowest BCUT2D eigenvalue weighted by Gasteiger charge is -2.20. The molecule has 1 aliphatic heterocycles. The second-order valence-electron chi connectivity index (χ2n) is 8.79. The van der Waals surface area contributed by atoms with Gasteiger partial charge in [0.2, 0.25) is 11.9 Å². The van der Waals surface area contributed by atoms with E-state index in [9.17, 15) is 24.0 Å². The molecule has 13 nitrogen and oxygen atoms in total. The van der Waals surface area contributed by atoms with E-state index in [-0.39, 0.29) is 35.7 Å². The predicted octanol–water partition coefficient (Wildman–Crippen LogP) is 1.06. The van der Waals surface area contributed by atoms with E-state index in [0.29, 0.717) is 6.42 Å². The highest BCUT2D eigenvalue weighted by Gasteiger charge is 2.43. The van der Waals surface area contributed by atoms with Gasteiger partial charge in [0.25, 0.3) is 5.56 Å². The van der Waals surface area contributed by atoms with Crippen LogP contribution in [-0.4, -0.2) is 55.3 Å². The van der Waals surface area contributed by atoms with Crippen LogP contribution >= 0.6 is 0 Å². The van der Waals surface area contributed by atoms with Crippen LogP contribution in [0.4, 0.5) is 5.95 Å². The fourth-order valence-electron chi connectivity index (χ4n) is 4.23. The Morgan fingerprint density at radius 2 is 1.89 bits per heavy atom. The minimum absolute atomic E-state index is 0.0653. The molecule has 0 aliphatic carbocycles. The van der Waals surface area contributed by atoms with Crippen LogP contribution in [0.15, 0.2) is 9.59 Å². The maximum atomic E-state index is 13.6. The van der Waals surface area contributed by atoms with E-state index < -0.39 is 47.5 Å². The Morgan fingerprint density at radius 3 is 2.46 bits per heavy atom. The number of nitrogens with one attached hydrogen (secondary N) is 2. The van der Waals surface area contributed by atoms with E-state index in [0.717, 1.165) is 15.6 Å². The Morgan fingerprint density at radius 1 is 1.20 bits per heavy atom. The fraction of sp³-hybridized carbons (Fsp3) is 0.636. The summed E-state index contributed by atoms with van der Waals surface area (Å²) in [6.07, 6.45) is -1.76. The lowest BCUT2D eigenvalue weighted by Crippen LogP contribution is -2.35. The van der Waals surface area contributed by atoms with Crippen molar-refractivity contribution in [2.24, 2.45) is 5.92 Å². The van der Waals surface area contributed by atoms with E-state index in [1.54, 1.807) is 6.92 Å². The van der Waals surface area contributed by atoms with Gasteiger partial charge in [0.15, 0.2) is 17.4 Å². The largest absolute Gasteiger partial charge is 0.461 e. The van der Waals surface area contributed by atoms with Gasteiger partial charge < -0.3 is 14.2 Å². The molecule has 35 heavy (non-hydrogen) atoms. The van der Waals surface area contributed by atoms with E-state index in [2.05, 4.69) is 15.3 Å². The molecule has 0 bridgehead atoms. The van der Waals surface area contributed by atoms with Crippen molar-refractivity contribution >= 4 is 35.0 Å². The molecule has 3 rings (SSSR count). The Labute approximate surface area is 200 Å². The number of esters is 2. The van der Waals surface area contributed by atoms with Crippen molar-refractivity contribution in [2.75, 3.05) is 5.32 Å². The number of nitrogens with zero attached hydrogens (tertiary/aromatic N) is 3. The van der Waals surface area contributed by atoms with Gasteiger partial charge in [-0.2, -0.15) is 4.98 Å². The Kier molecular flexibility index (Phi) is 7.78. The molecular weight excluding hydrogens is 462 g/mol. The monoisotopic (exact) mass is 493 g/mol. The summed E-state index contributed by atoms with van der Waals surface area (Å²) in [6, 6.07) is 0. The third-order valence-electron chi connectivity index (χ3n) is 5.86. The number of imidazole rings is 1. The summed E-state index contributed by atoms with van der Waals surface area (Å²) in [5, 5.41) is 2.40. The van der Waals surface area contributed by atoms with Gasteiger partial charge in [-0.05, 0) is 12.8 Å². The third kappa shape index (κ3) is 5.61. The zero-order valence-corrected chi connectivity index (χ0v) is 20.6. The molecule has 0 radical (unpaired) electrons. The summed E-state index contributed by atoms with van der Waals surface area (Å²) in [5.74, 6) is -1.61. The van der Waals surface area contributed by atoms with Crippen molar-refractivity contribution in [3.63, 3.8) is 0 Å². The third-order valence-corrected chi connectivity index (χ3v) is 5.86. The van der Waals surface area contributed by atoms with Crippen molar-refractivity contribution in [3.8, 4) is 0 Å². The van der Waals surface area contributed by atoms with Crippen LogP contribution in [-0.2, 0) is 35.1 Å². The molecule has 5 atom stereocenters. The molecule has 2 N–H and O–H groups in total. The van der Waals surface area contributed by atoms with Gasteiger partial charge >= 0.3 is 17.6 Å². The number of fused-ring (bicyclic) bond motifs is 1. The number of aromatic nitrogens is 4. The highest BCUT2D eigenvalue weighted by Crippen LogP contribution is 2.36. The summed E-state index contributed by atoms with van der Waals surface area (Å²) >= 11 is 0. The van der Waals surface area contributed by atoms with Crippen molar-refractivity contribution < 1.29 is 28.6 Å². The number of anilines is 1. The molecule has 0 saturated carbocycles. The summed E-state index contributed by atoms with van der Waals surface area (Å²) in [5.41, 5.74) is -1.51. The number of aromatic amines is 1. The number of rotatable bonds is 8. The van der Waals surface area contributed by atoms with Crippen molar-refractivity contribution in [1.29, 1.82) is 0 Å². The lowest BCUT2D eigenvalue weighted by atomic mass is 9.99. The SMILES string of the molecule is CC[C@H](C)[C@@H]1C[C@@H](OC(C)=O)[C@H](n2c(=O)n(C[C@@H](C)OC(C)=O)c3c(=O)[nH]c(NC(C)=O)nc32)O1. The summed E-state index contributed by atoms with van der Waals surface area (Å²) in [6.45, 7) is 9.18. The minimum Gasteiger partial charge on any atom is -0.461 e. The topological polar surface area (TPSA) is 164 Å².